The van der Waals surface area contributed by atoms with E-state index in [0.29, 0.717) is 12.6 Å². The van der Waals surface area contributed by atoms with E-state index in [-0.39, 0.29) is 11.9 Å². The summed E-state index contributed by atoms with van der Waals surface area (Å²) in [4.78, 5) is 0. The van der Waals surface area contributed by atoms with Crippen molar-refractivity contribution in [2.24, 2.45) is 0 Å². The average Bonchev–Trinajstić information content (AvgIpc) is 2.66. The molecule has 1 aliphatic carbocycles. The normalized spacial score (nSPS) is 28.4. The Bertz CT molecular complexity index is 192. The Balaban J connectivity index is 1.72. The highest BCUT2D eigenvalue weighted by Crippen LogP contribution is 2.35. The molecule has 4 heteroatoms. The maximum absolute atomic E-state index is 9.18. The van der Waals surface area contributed by atoms with Gasteiger partial charge in [0, 0.05) is 25.4 Å². The number of ether oxygens (including phenoxy) is 2. The molecule has 1 spiro atoms. The van der Waals surface area contributed by atoms with Gasteiger partial charge in [-0.25, -0.2) is 0 Å². The van der Waals surface area contributed by atoms with Crippen molar-refractivity contribution in [3.63, 3.8) is 0 Å². The second kappa shape index (κ2) is 4.78. The number of nitrogens with one attached hydrogen (secondary N) is 1. The average molecular weight is 215 g/mol. The molecule has 2 fully saturated rings. The van der Waals surface area contributed by atoms with E-state index in [9.17, 15) is 5.11 Å². The minimum absolute atomic E-state index is 0.261. The summed E-state index contributed by atoms with van der Waals surface area (Å²) in [6.07, 6.45) is 3.84. The zero-order valence-electron chi connectivity index (χ0n) is 9.37. The highest BCUT2D eigenvalue weighted by atomic mass is 16.7. The fourth-order valence-corrected chi connectivity index (χ4v) is 2.38. The lowest BCUT2D eigenvalue weighted by Gasteiger charge is -2.35. The predicted molar refractivity (Wildman–Crippen MR) is 56.6 cm³/mol. The van der Waals surface area contributed by atoms with Gasteiger partial charge in [0.25, 0.3) is 0 Å². The molecule has 15 heavy (non-hydrogen) atoms. The van der Waals surface area contributed by atoms with E-state index in [0.717, 1.165) is 38.9 Å². The van der Waals surface area contributed by atoms with Gasteiger partial charge in [0.2, 0.25) is 0 Å². The van der Waals surface area contributed by atoms with Gasteiger partial charge >= 0.3 is 0 Å². The Hall–Kier alpha value is -0.160. The number of aliphatic hydroxyl groups excluding tert-OH is 1. The van der Waals surface area contributed by atoms with E-state index in [1.807, 2.05) is 0 Å². The molecule has 2 N–H and O–H groups in total. The van der Waals surface area contributed by atoms with Crippen molar-refractivity contribution in [3.8, 4) is 0 Å². The number of rotatable bonds is 3. The summed E-state index contributed by atoms with van der Waals surface area (Å²) in [7, 11) is 0. The zero-order chi connectivity index (χ0) is 10.7. The SMILES string of the molecule is CC(O)CNC1CCC2(CC1)OCCO2. The van der Waals surface area contributed by atoms with Crippen LogP contribution < -0.4 is 5.32 Å². The Labute approximate surface area is 90.9 Å². The summed E-state index contributed by atoms with van der Waals surface area (Å²) >= 11 is 0. The molecule has 0 bridgehead atoms. The van der Waals surface area contributed by atoms with Crippen LogP contribution in [-0.4, -0.2) is 42.8 Å². The third kappa shape index (κ3) is 2.91. The van der Waals surface area contributed by atoms with Gasteiger partial charge in [-0.15, -0.1) is 0 Å². The van der Waals surface area contributed by atoms with Crippen LogP contribution in [0.3, 0.4) is 0 Å². The molecule has 1 atom stereocenters. The Morgan fingerprint density at radius 2 is 1.93 bits per heavy atom. The number of aliphatic hydroxyl groups is 1. The van der Waals surface area contributed by atoms with E-state index in [2.05, 4.69) is 5.32 Å². The molecule has 0 radical (unpaired) electrons. The van der Waals surface area contributed by atoms with Crippen LogP contribution >= 0.6 is 0 Å². The summed E-state index contributed by atoms with van der Waals surface area (Å²) in [5.74, 6) is -0.261. The van der Waals surface area contributed by atoms with Crippen LogP contribution in [-0.2, 0) is 9.47 Å². The summed E-state index contributed by atoms with van der Waals surface area (Å²) in [5, 5.41) is 12.5. The molecule has 1 saturated heterocycles. The van der Waals surface area contributed by atoms with Crippen LogP contribution in [0.25, 0.3) is 0 Å². The van der Waals surface area contributed by atoms with E-state index in [4.69, 9.17) is 9.47 Å². The van der Waals surface area contributed by atoms with Crippen LogP contribution in [0.5, 0.6) is 0 Å². The standard InChI is InChI=1S/C11H21NO3/c1-9(13)8-12-10-2-4-11(5-3-10)14-6-7-15-11/h9-10,12-13H,2-8H2,1H3. The highest BCUT2D eigenvalue weighted by molar-refractivity contribution is 4.85. The van der Waals surface area contributed by atoms with Crippen LogP contribution in [0.2, 0.25) is 0 Å². The zero-order valence-corrected chi connectivity index (χ0v) is 9.37. The van der Waals surface area contributed by atoms with Crippen molar-refractivity contribution < 1.29 is 14.6 Å². The van der Waals surface area contributed by atoms with Gasteiger partial charge in [-0.1, -0.05) is 0 Å². The van der Waals surface area contributed by atoms with Crippen molar-refractivity contribution in [1.29, 1.82) is 0 Å². The lowest BCUT2D eigenvalue weighted by Crippen LogP contribution is -2.43. The molecule has 0 aromatic heterocycles. The van der Waals surface area contributed by atoms with Crippen molar-refractivity contribution in [3.05, 3.63) is 0 Å². The Morgan fingerprint density at radius 3 is 2.47 bits per heavy atom. The molecule has 2 rings (SSSR count). The molecule has 1 heterocycles. The van der Waals surface area contributed by atoms with Gasteiger partial charge in [0.15, 0.2) is 5.79 Å². The van der Waals surface area contributed by atoms with Gasteiger partial charge in [-0.2, -0.15) is 0 Å². The molecular weight excluding hydrogens is 194 g/mol. The molecule has 0 aromatic rings. The maximum Gasteiger partial charge on any atom is 0.168 e. The van der Waals surface area contributed by atoms with E-state index < -0.39 is 0 Å². The molecule has 0 amide bonds. The molecular formula is C11H21NO3. The first kappa shape index (κ1) is 11.3. The molecule has 1 saturated carbocycles. The minimum atomic E-state index is -0.264. The van der Waals surface area contributed by atoms with Crippen molar-refractivity contribution >= 4 is 0 Å². The molecule has 2 aliphatic rings. The molecule has 0 aromatic carbocycles. The van der Waals surface area contributed by atoms with Gasteiger partial charge in [-0.3, -0.25) is 0 Å². The highest BCUT2D eigenvalue weighted by Gasteiger charge is 2.40. The molecule has 88 valence electrons. The Morgan fingerprint density at radius 1 is 1.33 bits per heavy atom. The third-order valence-electron chi connectivity index (χ3n) is 3.26. The Kier molecular flexibility index (Phi) is 3.61. The van der Waals surface area contributed by atoms with Crippen LogP contribution in [0.4, 0.5) is 0 Å². The topological polar surface area (TPSA) is 50.7 Å². The quantitative estimate of drug-likeness (QED) is 0.725. The van der Waals surface area contributed by atoms with Crippen molar-refractivity contribution in [2.75, 3.05) is 19.8 Å². The van der Waals surface area contributed by atoms with Crippen molar-refractivity contribution in [1.82, 2.24) is 5.32 Å². The van der Waals surface area contributed by atoms with Crippen LogP contribution in [0.15, 0.2) is 0 Å². The maximum atomic E-state index is 9.18. The van der Waals surface area contributed by atoms with Crippen LogP contribution in [0.1, 0.15) is 32.6 Å². The number of hydrogen-bond acceptors (Lipinski definition) is 4. The second-order valence-electron chi connectivity index (χ2n) is 4.64. The minimum Gasteiger partial charge on any atom is -0.392 e. The van der Waals surface area contributed by atoms with Gasteiger partial charge < -0.3 is 19.9 Å². The second-order valence-corrected chi connectivity index (χ2v) is 4.64. The van der Waals surface area contributed by atoms with Gasteiger partial charge in [-0.05, 0) is 19.8 Å². The lowest BCUT2D eigenvalue weighted by atomic mass is 9.90. The third-order valence-corrected chi connectivity index (χ3v) is 3.26. The first-order valence-electron chi connectivity index (χ1n) is 5.90. The van der Waals surface area contributed by atoms with Crippen molar-refractivity contribution in [2.45, 2.75) is 50.5 Å². The summed E-state index contributed by atoms with van der Waals surface area (Å²) in [6, 6.07) is 0.512. The fourth-order valence-electron chi connectivity index (χ4n) is 2.38. The molecule has 4 nitrogen and oxygen atoms in total. The predicted octanol–water partition coefficient (Wildman–Crippen LogP) is 0.642. The van der Waals surface area contributed by atoms with E-state index >= 15 is 0 Å². The summed E-state index contributed by atoms with van der Waals surface area (Å²) in [5.41, 5.74) is 0. The first-order valence-corrected chi connectivity index (χ1v) is 5.90. The summed E-state index contributed by atoms with van der Waals surface area (Å²) < 4.78 is 11.3. The lowest BCUT2D eigenvalue weighted by molar-refractivity contribution is -0.179. The number of hydrogen-bond donors (Lipinski definition) is 2. The van der Waals surface area contributed by atoms with E-state index in [1.54, 1.807) is 6.92 Å². The monoisotopic (exact) mass is 215 g/mol. The van der Waals surface area contributed by atoms with Gasteiger partial charge in [0.1, 0.15) is 0 Å². The molecule has 1 aliphatic heterocycles. The molecule has 1 unspecified atom stereocenters. The van der Waals surface area contributed by atoms with E-state index in [1.165, 1.54) is 0 Å². The smallest absolute Gasteiger partial charge is 0.168 e. The largest absolute Gasteiger partial charge is 0.392 e. The fraction of sp³-hybridized carbons (Fsp3) is 1.00. The summed E-state index contributed by atoms with van der Waals surface area (Å²) in [6.45, 7) is 3.97. The van der Waals surface area contributed by atoms with Gasteiger partial charge in [0.05, 0.1) is 19.3 Å². The van der Waals surface area contributed by atoms with Crippen LogP contribution in [0, 0.1) is 0 Å². The first-order chi connectivity index (χ1) is 7.20.